The van der Waals surface area contributed by atoms with Crippen LogP contribution in [0.1, 0.15) is 33.6 Å². The van der Waals surface area contributed by atoms with E-state index in [0.29, 0.717) is 18.3 Å². The second kappa shape index (κ2) is 5.30. The van der Waals surface area contributed by atoms with Gasteiger partial charge in [-0.3, -0.25) is 0 Å². The van der Waals surface area contributed by atoms with Crippen LogP contribution < -0.4 is 5.73 Å². The largest absolute Gasteiger partial charge is 0.327 e. The minimum Gasteiger partial charge on any atom is -0.327 e. The molecular weight excluding hydrogens is 138 g/mol. The van der Waals surface area contributed by atoms with Crippen LogP contribution in [-0.4, -0.2) is 12.3 Å². The second-order valence-corrected chi connectivity index (χ2v) is 3.39. The van der Waals surface area contributed by atoms with Crippen LogP contribution in [-0.2, 0) is 4.79 Å². The Balaban J connectivity index is 3.90. The van der Waals surface area contributed by atoms with Gasteiger partial charge in [-0.25, -0.2) is 0 Å². The first-order valence-corrected chi connectivity index (χ1v) is 4.32. The Labute approximate surface area is 69.2 Å². The number of hydrogen-bond acceptors (Lipinski definition) is 2. The van der Waals surface area contributed by atoms with E-state index in [2.05, 4.69) is 20.8 Å². The zero-order valence-electron chi connectivity index (χ0n) is 7.71. The maximum Gasteiger partial charge on any atom is 0.120 e. The molecule has 2 unspecified atom stereocenters. The number of rotatable bonds is 5. The van der Waals surface area contributed by atoms with Crippen molar-refractivity contribution in [1.29, 1.82) is 0 Å². The minimum atomic E-state index is 0.171. The Morgan fingerprint density at radius 2 is 2.00 bits per heavy atom. The van der Waals surface area contributed by atoms with Crippen molar-refractivity contribution in [1.82, 2.24) is 0 Å². The molecule has 0 aliphatic heterocycles. The molecule has 0 radical (unpaired) electrons. The van der Waals surface area contributed by atoms with Crippen molar-refractivity contribution >= 4 is 6.29 Å². The molecule has 0 amide bonds. The number of carbonyl (C=O) groups excluding carboxylic acids is 1. The summed E-state index contributed by atoms with van der Waals surface area (Å²) in [6.45, 7) is 6.27. The lowest BCUT2D eigenvalue weighted by Gasteiger charge is -2.23. The summed E-state index contributed by atoms with van der Waals surface area (Å²) in [7, 11) is 0. The normalized spacial score (nSPS) is 16.5. The van der Waals surface area contributed by atoms with Crippen molar-refractivity contribution in [2.45, 2.75) is 39.7 Å². The fraction of sp³-hybridized carbons (Fsp3) is 0.889. The van der Waals surface area contributed by atoms with Crippen molar-refractivity contribution in [3.63, 3.8) is 0 Å². The molecule has 2 atom stereocenters. The van der Waals surface area contributed by atoms with Gasteiger partial charge in [0.15, 0.2) is 0 Å². The molecule has 11 heavy (non-hydrogen) atoms. The monoisotopic (exact) mass is 157 g/mol. The molecule has 2 nitrogen and oxygen atoms in total. The first-order valence-electron chi connectivity index (χ1n) is 4.32. The predicted molar refractivity (Wildman–Crippen MR) is 47.3 cm³/mol. The standard InChI is InChI=1S/C9H19NO/c1-4-8(5-6-11)9(10)7(2)3/h6-9H,4-5,10H2,1-3H3. The molecule has 0 fully saturated rings. The number of hydrogen-bond donors (Lipinski definition) is 1. The fourth-order valence-electron chi connectivity index (χ4n) is 1.26. The van der Waals surface area contributed by atoms with E-state index in [1.54, 1.807) is 0 Å². The Hall–Kier alpha value is -0.370. The topological polar surface area (TPSA) is 43.1 Å². The van der Waals surface area contributed by atoms with E-state index >= 15 is 0 Å². The van der Waals surface area contributed by atoms with Crippen LogP contribution >= 0.6 is 0 Å². The number of aldehydes is 1. The minimum absolute atomic E-state index is 0.171. The van der Waals surface area contributed by atoms with E-state index in [1.807, 2.05) is 0 Å². The van der Waals surface area contributed by atoms with E-state index in [1.165, 1.54) is 0 Å². The lowest BCUT2D eigenvalue weighted by atomic mass is 9.87. The zero-order valence-corrected chi connectivity index (χ0v) is 7.71. The predicted octanol–water partition coefficient (Wildman–Crippen LogP) is 1.58. The molecule has 0 aromatic rings. The molecule has 0 saturated carbocycles. The van der Waals surface area contributed by atoms with E-state index in [0.717, 1.165) is 12.7 Å². The molecule has 0 bridgehead atoms. The smallest absolute Gasteiger partial charge is 0.120 e. The molecule has 0 rings (SSSR count). The fourth-order valence-corrected chi connectivity index (χ4v) is 1.26. The first-order chi connectivity index (χ1) is 5.13. The molecule has 66 valence electrons. The van der Waals surface area contributed by atoms with Gasteiger partial charge >= 0.3 is 0 Å². The molecule has 2 heteroatoms. The summed E-state index contributed by atoms with van der Waals surface area (Å²) in [5, 5.41) is 0. The van der Waals surface area contributed by atoms with Crippen LogP contribution in [0.4, 0.5) is 0 Å². The third-order valence-electron chi connectivity index (χ3n) is 2.24. The molecule has 0 aromatic heterocycles. The van der Waals surface area contributed by atoms with Crippen molar-refractivity contribution in [3.8, 4) is 0 Å². The zero-order chi connectivity index (χ0) is 8.85. The Morgan fingerprint density at radius 3 is 2.27 bits per heavy atom. The van der Waals surface area contributed by atoms with Crippen LogP contribution in [0.2, 0.25) is 0 Å². The first kappa shape index (κ1) is 10.6. The van der Waals surface area contributed by atoms with E-state index < -0.39 is 0 Å². The van der Waals surface area contributed by atoms with Gasteiger partial charge in [-0.1, -0.05) is 27.2 Å². The maximum atomic E-state index is 10.2. The van der Waals surface area contributed by atoms with Crippen LogP contribution in [0.25, 0.3) is 0 Å². The Morgan fingerprint density at radius 1 is 1.45 bits per heavy atom. The quantitative estimate of drug-likeness (QED) is 0.616. The van der Waals surface area contributed by atoms with Crippen LogP contribution in [0, 0.1) is 11.8 Å². The molecule has 0 heterocycles. The van der Waals surface area contributed by atoms with Crippen molar-refractivity contribution < 1.29 is 4.79 Å². The van der Waals surface area contributed by atoms with Crippen LogP contribution in [0.15, 0.2) is 0 Å². The second-order valence-electron chi connectivity index (χ2n) is 3.39. The Kier molecular flexibility index (Phi) is 5.12. The third-order valence-corrected chi connectivity index (χ3v) is 2.24. The maximum absolute atomic E-state index is 10.2. The van der Waals surface area contributed by atoms with Gasteiger partial charge in [0.05, 0.1) is 0 Å². The summed E-state index contributed by atoms with van der Waals surface area (Å²) in [5.74, 6) is 0.840. The molecule has 0 aliphatic rings. The van der Waals surface area contributed by atoms with E-state index in [9.17, 15) is 4.79 Å². The summed E-state index contributed by atoms with van der Waals surface area (Å²) in [5.41, 5.74) is 5.90. The molecule has 0 spiro atoms. The van der Waals surface area contributed by atoms with Gasteiger partial charge in [0, 0.05) is 12.5 Å². The average Bonchev–Trinajstić information content (AvgIpc) is 1.98. The van der Waals surface area contributed by atoms with Gasteiger partial charge in [-0.15, -0.1) is 0 Å². The third kappa shape index (κ3) is 3.51. The highest BCUT2D eigenvalue weighted by Gasteiger charge is 2.17. The summed E-state index contributed by atoms with van der Waals surface area (Å²) in [6, 6.07) is 0.171. The van der Waals surface area contributed by atoms with E-state index in [4.69, 9.17) is 5.73 Å². The van der Waals surface area contributed by atoms with Crippen molar-refractivity contribution in [2.75, 3.05) is 0 Å². The van der Waals surface area contributed by atoms with Gasteiger partial charge < -0.3 is 10.5 Å². The summed E-state index contributed by atoms with van der Waals surface area (Å²) in [4.78, 5) is 10.2. The average molecular weight is 157 g/mol. The van der Waals surface area contributed by atoms with Gasteiger partial charge in [-0.05, 0) is 11.8 Å². The highest BCUT2D eigenvalue weighted by molar-refractivity contribution is 5.49. The van der Waals surface area contributed by atoms with Crippen molar-refractivity contribution in [2.24, 2.45) is 17.6 Å². The highest BCUT2D eigenvalue weighted by Crippen LogP contribution is 2.16. The molecule has 0 aromatic carbocycles. The van der Waals surface area contributed by atoms with Crippen LogP contribution in [0.3, 0.4) is 0 Å². The molecule has 0 saturated heterocycles. The van der Waals surface area contributed by atoms with E-state index in [-0.39, 0.29) is 6.04 Å². The number of nitrogens with two attached hydrogens (primary N) is 1. The van der Waals surface area contributed by atoms with Gasteiger partial charge in [0.2, 0.25) is 0 Å². The van der Waals surface area contributed by atoms with Gasteiger partial charge in [0.1, 0.15) is 6.29 Å². The molecule has 2 N–H and O–H groups in total. The van der Waals surface area contributed by atoms with Gasteiger partial charge in [0.25, 0.3) is 0 Å². The lowest BCUT2D eigenvalue weighted by Crippen LogP contribution is -2.34. The summed E-state index contributed by atoms with van der Waals surface area (Å²) < 4.78 is 0. The summed E-state index contributed by atoms with van der Waals surface area (Å²) >= 11 is 0. The molecule has 0 aliphatic carbocycles. The van der Waals surface area contributed by atoms with Gasteiger partial charge in [-0.2, -0.15) is 0 Å². The molecular formula is C9H19NO. The van der Waals surface area contributed by atoms with Crippen molar-refractivity contribution in [3.05, 3.63) is 0 Å². The summed E-state index contributed by atoms with van der Waals surface area (Å²) in [6.07, 6.45) is 2.57. The lowest BCUT2D eigenvalue weighted by molar-refractivity contribution is -0.108. The number of carbonyl (C=O) groups is 1. The highest BCUT2D eigenvalue weighted by atomic mass is 16.1. The van der Waals surface area contributed by atoms with Crippen LogP contribution in [0.5, 0.6) is 0 Å². The SMILES string of the molecule is CCC(CC=O)C(N)C(C)C. The Bertz CT molecular complexity index is 112.